The fourth-order valence-electron chi connectivity index (χ4n) is 13.9. The van der Waals surface area contributed by atoms with Crippen molar-refractivity contribution in [3.05, 3.63) is 0 Å². The van der Waals surface area contributed by atoms with Gasteiger partial charge in [0.2, 0.25) is 0 Å². The van der Waals surface area contributed by atoms with Crippen LogP contribution >= 0.6 is 37.0 Å². The molecule has 0 aromatic heterocycles. The standard InChI is InChI=1S/C32H56O6P4/c1-17-11-19(31(21(39)40)23(3)13-27(7)34-24(31,4)14-28(8,33-23)37-27)20(12-18(17)2)32(22(41)42)25(5)15-29(9)36-26(32,6)16-30(10,35-25)38-29/h17-22H,11-16,39-42H2,1-10H3. The van der Waals surface area contributed by atoms with Crippen LogP contribution in [0, 0.1) is 34.5 Å². The molecule has 42 heavy (non-hydrogen) atoms. The van der Waals surface area contributed by atoms with Gasteiger partial charge in [-0.05, 0) is 103 Å². The van der Waals surface area contributed by atoms with E-state index in [1.165, 1.54) is 0 Å². The molecule has 8 saturated heterocycles. The molecule has 1 aliphatic carbocycles. The molecule has 0 amide bonds. The maximum Gasteiger partial charge on any atom is 0.172 e. The summed E-state index contributed by atoms with van der Waals surface area (Å²) >= 11 is 0. The summed E-state index contributed by atoms with van der Waals surface area (Å²) in [5, 5.41) is 0.324. The predicted molar refractivity (Wildman–Crippen MR) is 178 cm³/mol. The Labute approximate surface area is 263 Å². The average Bonchev–Trinajstić information content (AvgIpc) is 2.69. The molecule has 0 aromatic carbocycles. The van der Waals surface area contributed by atoms with Crippen molar-refractivity contribution in [3.63, 3.8) is 0 Å². The highest BCUT2D eigenvalue weighted by Crippen LogP contribution is 2.80. The summed E-state index contributed by atoms with van der Waals surface area (Å²) in [6.07, 6.45) is 5.06. The summed E-state index contributed by atoms with van der Waals surface area (Å²) in [6, 6.07) is 0. The molecular formula is C32H56O6P4. The second-order valence-electron chi connectivity index (χ2n) is 17.2. The summed E-state index contributed by atoms with van der Waals surface area (Å²) < 4.78 is 42.0. The lowest BCUT2D eigenvalue weighted by atomic mass is 9.38. The van der Waals surface area contributed by atoms with Crippen LogP contribution in [0.25, 0.3) is 0 Å². The lowest BCUT2D eigenvalue weighted by Gasteiger charge is -2.81. The molecule has 9 aliphatic rings. The highest BCUT2D eigenvalue weighted by Gasteiger charge is 2.85. The molecule has 0 spiro atoms. The van der Waals surface area contributed by atoms with E-state index in [4.69, 9.17) is 28.4 Å². The first-order valence-electron chi connectivity index (χ1n) is 16.2. The summed E-state index contributed by atoms with van der Waals surface area (Å²) in [5.41, 5.74) is -2.45. The Kier molecular flexibility index (Phi) is 6.66. The van der Waals surface area contributed by atoms with Crippen molar-refractivity contribution in [1.82, 2.24) is 0 Å². The number of hydrogen-bond donors (Lipinski definition) is 0. The van der Waals surface area contributed by atoms with Gasteiger partial charge in [0.05, 0.1) is 22.4 Å². The van der Waals surface area contributed by atoms with Gasteiger partial charge in [-0.1, -0.05) is 13.8 Å². The van der Waals surface area contributed by atoms with Crippen molar-refractivity contribution < 1.29 is 28.4 Å². The van der Waals surface area contributed by atoms with Crippen LogP contribution in [-0.4, -0.2) is 56.4 Å². The Hall–Kier alpha value is 1.48. The van der Waals surface area contributed by atoms with E-state index < -0.39 is 45.6 Å². The van der Waals surface area contributed by atoms with Gasteiger partial charge in [-0.15, -0.1) is 37.0 Å². The van der Waals surface area contributed by atoms with Crippen molar-refractivity contribution >= 4 is 37.0 Å². The van der Waals surface area contributed by atoms with E-state index in [1.807, 2.05) is 0 Å². The molecule has 10 heteroatoms. The first-order valence-corrected chi connectivity index (χ1v) is 18.9. The minimum Gasteiger partial charge on any atom is -0.343 e. The maximum absolute atomic E-state index is 7.23. The van der Waals surface area contributed by atoms with Crippen LogP contribution in [0.2, 0.25) is 0 Å². The van der Waals surface area contributed by atoms with Gasteiger partial charge in [0.1, 0.15) is 0 Å². The Morgan fingerprint density at radius 3 is 0.905 bits per heavy atom. The normalized spacial score (nSPS) is 65.1. The van der Waals surface area contributed by atoms with E-state index in [1.54, 1.807) is 0 Å². The Balaban J connectivity index is 1.48. The first kappa shape index (κ1) is 32.0. The van der Waals surface area contributed by atoms with Crippen LogP contribution in [0.3, 0.4) is 0 Å². The molecule has 0 aromatic rings. The topological polar surface area (TPSA) is 55.4 Å². The Bertz CT molecular complexity index is 1010. The molecule has 1 saturated carbocycles. The third kappa shape index (κ3) is 3.60. The van der Waals surface area contributed by atoms with Gasteiger partial charge in [0.25, 0.3) is 0 Å². The summed E-state index contributed by atoms with van der Waals surface area (Å²) in [6.45, 7) is 22.9. The summed E-state index contributed by atoms with van der Waals surface area (Å²) in [7, 11) is 12.9. The second kappa shape index (κ2) is 8.73. The molecule has 9 fully saturated rings. The zero-order chi connectivity index (χ0) is 30.9. The quantitative estimate of drug-likeness (QED) is 0.302. The Morgan fingerprint density at radius 1 is 0.452 bits per heavy atom. The molecule has 8 heterocycles. The van der Waals surface area contributed by atoms with Crippen LogP contribution in [0.4, 0.5) is 0 Å². The van der Waals surface area contributed by atoms with Crippen molar-refractivity contribution in [2.24, 2.45) is 34.5 Å². The third-order valence-electron chi connectivity index (χ3n) is 13.7. The third-order valence-corrected chi connectivity index (χ3v) is 15.8. The monoisotopic (exact) mass is 660 g/mol. The fraction of sp³-hybridized carbons (Fsp3) is 1.00. The highest BCUT2D eigenvalue weighted by molar-refractivity contribution is 7.38. The minimum absolute atomic E-state index is 0.162. The molecule has 6 nitrogen and oxygen atoms in total. The minimum atomic E-state index is -0.666. The van der Waals surface area contributed by atoms with Gasteiger partial charge in [-0.3, -0.25) is 0 Å². The first-order chi connectivity index (χ1) is 19.0. The van der Waals surface area contributed by atoms with Gasteiger partial charge in [0.15, 0.2) is 23.1 Å². The van der Waals surface area contributed by atoms with Gasteiger partial charge in [-0.25, -0.2) is 0 Å². The SMILES string of the molecule is CC1CC(C2(C(P)P)C3(C)CC4(C)OC(C)(CC2(C)O4)O3)C(C2(C(P)P)C3(C)CC4(C)OC(C)(CC2(C)O4)O3)CC1C. The fourth-order valence-corrected chi connectivity index (χ4v) is 17.7. The summed E-state index contributed by atoms with van der Waals surface area (Å²) in [4.78, 5) is 0. The van der Waals surface area contributed by atoms with E-state index in [-0.39, 0.29) is 33.5 Å². The number of hydrogen-bond acceptors (Lipinski definition) is 6. The van der Waals surface area contributed by atoms with Gasteiger partial charge in [0, 0.05) is 36.5 Å². The molecule has 0 N–H and O–H groups in total. The van der Waals surface area contributed by atoms with E-state index in [9.17, 15) is 0 Å². The zero-order valence-corrected chi connectivity index (χ0v) is 32.1. The van der Waals surface area contributed by atoms with E-state index in [0.717, 1.165) is 12.8 Å². The van der Waals surface area contributed by atoms with Crippen molar-refractivity contribution in [3.8, 4) is 0 Å². The van der Waals surface area contributed by atoms with E-state index in [2.05, 4.69) is 106 Å². The zero-order valence-electron chi connectivity index (χ0n) is 27.5. The average molecular weight is 661 g/mol. The van der Waals surface area contributed by atoms with Crippen molar-refractivity contribution in [2.45, 2.75) is 164 Å². The number of ether oxygens (including phenoxy) is 6. The van der Waals surface area contributed by atoms with Crippen molar-refractivity contribution in [2.75, 3.05) is 0 Å². The highest BCUT2D eigenvalue weighted by atomic mass is 31.1. The van der Waals surface area contributed by atoms with Crippen LogP contribution in [0.1, 0.15) is 108 Å². The van der Waals surface area contributed by atoms with Crippen LogP contribution < -0.4 is 0 Å². The molecule has 9 rings (SSSR count). The molecule has 240 valence electrons. The van der Waals surface area contributed by atoms with Crippen molar-refractivity contribution in [1.29, 1.82) is 0 Å². The molecular weight excluding hydrogens is 604 g/mol. The predicted octanol–water partition coefficient (Wildman–Crippen LogP) is 7.05. The molecule has 16 atom stereocenters. The number of rotatable bonds is 4. The molecule has 8 bridgehead atoms. The van der Waals surface area contributed by atoms with E-state index >= 15 is 0 Å². The van der Waals surface area contributed by atoms with Crippen LogP contribution in [0.15, 0.2) is 0 Å². The Morgan fingerprint density at radius 2 is 0.690 bits per heavy atom. The van der Waals surface area contributed by atoms with Crippen LogP contribution in [-0.2, 0) is 28.4 Å². The largest absolute Gasteiger partial charge is 0.343 e. The van der Waals surface area contributed by atoms with E-state index in [0.29, 0.717) is 37.5 Å². The van der Waals surface area contributed by atoms with Crippen LogP contribution in [0.5, 0.6) is 0 Å². The summed E-state index contributed by atoms with van der Waals surface area (Å²) in [5.74, 6) is -0.943. The maximum atomic E-state index is 7.23. The molecule has 0 radical (unpaired) electrons. The molecule has 16 unspecified atom stereocenters. The van der Waals surface area contributed by atoms with Gasteiger partial charge < -0.3 is 28.4 Å². The smallest absolute Gasteiger partial charge is 0.172 e. The van der Waals surface area contributed by atoms with Gasteiger partial charge in [-0.2, -0.15) is 0 Å². The van der Waals surface area contributed by atoms with Gasteiger partial charge >= 0.3 is 0 Å². The molecule has 8 aliphatic heterocycles. The lowest BCUT2D eigenvalue weighted by molar-refractivity contribution is -0.562. The second-order valence-corrected chi connectivity index (χ2v) is 21.6. The lowest BCUT2D eigenvalue weighted by Crippen LogP contribution is -2.88.